The summed E-state index contributed by atoms with van der Waals surface area (Å²) in [6.07, 6.45) is 1.89. The summed E-state index contributed by atoms with van der Waals surface area (Å²) in [5, 5.41) is 0. The summed E-state index contributed by atoms with van der Waals surface area (Å²) in [4.78, 5) is 14.3. The first kappa shape index (κ1) is 16.1. The number of nitrogens with zero attached hydrogens (tertiary/aromatic N) is 1. The van der Waals surface area contributed by atoms with Gasteiger partial charge in [0.05, 0.1) is 18.9 Å². The molecule has 24 heavy (non-hydrogen) atoms. The molecule has 0 aliphatic carbocycles. The van der Waals surface area contributed by atoms with Crippen LogP contribution in [0.5, 0.6) is 11.5 Å². The number of ether oxygens (including phenoxy) is 2. The van der Waals surface area contributed by atoms with Crippen molar-refractivity contribution in [3.05, 3.63) is 53.6 Å². The predicted molar refractivity (Wildman–Crippen MR) is 96.5 cm³/mol. The first-order valence-corrected chi connectivity index (χ1v) is 7.95. The standard InChI is InChI=1S/C20H21NO3/c1-13(2)24-19-14(8-7-11-18(19)23-4)12-16-15-9-5-6-10-17(15)21(3)20(16)22/h5-13H,1-4H3/b16-12-. The summed E-state index contributed by atoms with van der Waals surface area (Å²) >= 11 is 0. The molecular formula is C20H21NO3. The van der Waals surface area contributed by atoms with Crippen LogP contribution >= 0.6 is 0 Å². The van der Waals surface area contributed by atoms with Crippen molar-refractivity contribution in [1.82, 2.24) is 0 Å². The molecule has 2 aromatic carbocycles. The van der Waals surface area contributed by atoms with Crippen molar-refractivity contribution in [1.29, 1.82) is 0 Å². The van der Waals surface area contributed by atoms with Crippen LogP contribution in [0.2, 0.25) is 0 Å². The minimum Gasteiger partial charge on any atom is -0.493 e. The second kappa shape index (κ2) is 6.40. The molecule has 4 nitrogen and oxygen atoms in total. The molecule has 1 aliphatic rings. The highest BCUT2D eigenvalue weighted by Crippen LogP contribution is 2.39. The Labute approximate surface area is 142 Å². The molecule has 0 spiro atoms. The van der Waals surface area contributed by atoms with Crippen LogP contribution in [0.4, 0.5) is 5.69 Å². The summed E-state index contributed by atoms with van der Waals surface area (Å²) in [6.45, 7) is 3.93. The third-order valence-electron chi connectivity index (χ3n) is 3.97. The molecule has 0 saturated carbocycles. The Hall–Kier alpha value is -2.75. The molecule has 0 atom stereocenters. The average molecular weight is 323 g/mol. The second-order valence-corrected chi connectivity index (χ2v) is 5.98. The van der Waals surface area contributed by atoms with E-state index in [1.807, 2.05) is 62.4 Å². The number of methoxy groups -OCH3 is 1. The quantitative estimate of drug-likeness (QED) is 0.798. The molecule has 0 fully saturated rings. The Morgan fingerprint density at radius 3 is 2.54 bits per heavy atom. The normalized spacial score (nSPS) is 15.1. The van der Waals surface area contributed by atoms with Crippen LogP contribution in [0.15, 0.2) is 42.5 Å². The van der Waals surface area contributed by atoms with Crippen LogP contribution in [-0.2, 0) is 4.79 Å². The highest BCUT2D eigenvalue weighted by atomic mass is 16.5. The van der Waals surface area contributed by atoms with Crippen molar-refractivity contribution in [3.8, 4) is 11.5 Å². The van der Waals surface area contributed by atoms with E-state index in [1.54, 1.807) is 19.1 Å². The number of fused-ring (bicyclic) bond motifs is 1. The number of para-hydroxylation sites is 2. The van der Waals surface area contributed by atoms with E-state index < -0.39 is 0 Å². The van der Waals surface area contributed by atoms with E-state index in [4.69, 9.17) is 9.47 Å². The first-order chi connectivity index (χ1) is 11.5. The maximum absolute atomic E-state index is 12.6. The molecule has 0 saturated heterocycles. The summed E-state index contributed by atoms with van der Waals surface area (Å²) in [7, 11) is 3.41. The zero-order valence-corrected chi connectivity index (χ0v) is 14.4. The molecule has 0 unspecified atom stereocenters. The van der Waals surface area contributed by atoms with Gasteiger partial charge in [-0.1, -0.05) is 30.3 Å². The Kier molecular flexibility index (Phi) is 4.30. The lowest BCUT2D eigenvalue weighted by Gasteiger charge is -2.16. The number of hydrogen-bond donors (Lipinski definition) is 0. The Balaban J connectivity index is 2.14. The molecule has 0 bridgehead atoms. The summed E-state index contributed by atoms with van der Waals surface area (Å²) in [5.41, 5.74) is 3.35. The highest BCUT2D eigenvalue weighted by Gasteiger charge is 2.29. The lowest BCUT2D eigenvalue weighted by atomic mass is 10.0. The van der Waals surface area contributed by atoms with Gasteiger partial charge >= 0.3 is 0 Å². The van der Waals surface area contributed by atoms with Crippen LogP contribution in [0, 0.1) is 0 Å². The Morgan fingerprint density at radius 1 is 1.08 bits per heavy atom. The van der Waals surface area contributed by atoms with Gasteiger partial charge in [-0.15, -0.1) is 0 Å². The monoisotopic (exact) mass is 323 g/mol. The molecule has 1 amide bonds. The number of benzene rings is 2. The third kappa shape index (κ3) is 2.75. The van der Waals surface area contributed by atoms with Gasteiger partial charge in [-0.25, -0.2) is 0 Å². The Bertz CT molecular complexity index is 808. The van der Waals surface area contributed by atoms with Crippen LogP contribution in [0.3, 0.4) is 0 Å². The number of amides is 1. The van der Waals surface area contributed by atoms with Crippen molar-refractivity contribution in [2.24, 2.45) is 0 Å². The molecule has 0 N–H and O–H groups in total. The summed E-state index contributed by atoms with van der Waals surface area (Å²) in [6, 6.07) is 13.5. The Morgan fingerprint density at radius 2 is 1.83 bits per heavy atom. The maximum atomic E-state index is 12.6. The van der Waals surface area contributed by atoms with Crippen LogP contribution in [-0.4, -0.2) is 26.2 Å². The van der Waals surface area contributed by atoms with Crippen LogP contribution in [0.25, 0.3) is 11.6 Å². The van der Waals surface area contributed by atoms with Gasteiger partial charge in [0, 0.05) is 23.7 Å². The molecule has 1 heterocycles. The second-order valence-electron chi connectivity index (χ2n) is 5.98. The first-order valence-electron chi connectivity index (χ1n) is 7.95. The van der Waals surface area contributed by atoms with E-state index in [2.05, 4.69) is 0 Å². The minimum atomic E-state index is -0.0190. The largest absolute Gasteiger partial charge is 0.493 e. The van der Waals surface area contributed by atoms with E-state index in [0.29, 0.717) is 17.1 Å². The molecular weight excluding hydrogens is 302 g/mol. The van der Waals surface area contributed by atoms with Crippen molar-refractivity contribution < 1.29 is 14.3 Å². The smallest absolute Gasteiger partial charge is 0.258 e. The van der Waals surface area contributed by atoms with Gasteiger partial charge in [0.25, 0.3) is 5.91 Å². The predicted octanol–water partition coefficient (Wildman–Crippen LogP) is 4.00. The van der Waals surface area contributed by atoms with Gasteiger partial charge in [-0.3, -0.25) is 4.79 Å². The fourth-order valence-electron chi connectivity index (χ4n) is 2.86. The zero-order chi connectivity index (χ0) is 17.3. The third-order valence-corrected chi connectivity index (χ3v) is 3.97. The van der Waals surface area contributed by atoms with Crippen molar-refractivity contribution in [2.75, 3.05) is 19.1 Å². The van der Waals surface area contributed by atoms with Crippen molar-refractivity contribution in [3.63, 3.8) is 0 Å². The van der Waals surface area contributed by atoms with Gasteiger partial charge in [-0.05, 0) is 32.1 Å². The topological polar surface area (TPSA) is 38.8 Å². The van der Waals surface area contributed by atoms with E-state index in [9.17, 15) is 4.79 Å². The van der Waals surface area contributed by atoms with E-state index in [1.165, 1.54) is 0 Å². The van der Waals surface area contributed by atoms with Gasteiger partial charge in [0.1, 0.15) is 0 Å². The maximum Gasteiger partial charge on any atom is 0.258 e. The van der Waals surface area contributed by atoms with Gasteiger partial charge in [0.15, 0.2) is 11.5 Å². The van der Waals surface area contributed by atoms with E-state index >= 15 is 0 Å². The van der Waals surface area contributed by atoms with E-state index in [0.717, 1.165) is 16.8 Å². The molecule has 1 aliphatic heterocycles. The number of hydrogen-bond acceptors (Lipinski definition) is 3. The molecule has 2 aromatic rings. The summed E-state index contributed by atoms with van der Waals surface area (Å²) in [5.74, 6) is 1.29. The number of anilines is 1. The van der Waals surface area contributed by atoms with E-state index in [-0.39, 0.29) is 12.0 Å². The van der Waals surface area contributed by atoms with Gasteiger partial charge in [-0.2, -0.15) is 0 Å². The van der Waals surface area contributed by atoms with Gasteiger partial charge < -0.3 is 14.4 Å². The molecule has 4 heteroatoms. The molecule has 0 radical (unpaired) electrons. The highest BCUT2D eigenvalue weighted by molar-refractivity contribution is 6.35. The van der Waals surface area contributed by atoms with Crippen molar-refractivity contribution >= 4 is 23.2 Å². The average Bonchev–Trinajstić information content (AvgIpc) is 2.81. The number of carbonyl (C=O) groups is 1. The molecule has 124 valence electrons. The van der Waals surface area contributed by atoms with Crippen LogP contribution < -0.4 is 14.4 Å². The lowest BCUT2D eigenvalue weighted by molar-refractivity contribution is -0.112. The molecule has 3 rings (SSSR count). The number of rotatable bonds is 4. The zero-order valence-electron chi connectivity index (χ0n) is 14.4. The minimum absolute atomic E-state index is 0.00712. The fourth-order valence-corrected chi connectivity index (χ4v) is 2.86. The fraction of sp³-hybridized carbons (Fsp3) is 0.250. The summed E-state index contributed by atoms with van der Waals surface area (Å²) < 4.78 is 11.4. The van der Waals surface area contributed by atoms with Crippen LogP contribution in [0.1, 0.15) is 25.0 Å². The number of carbonyl (C=O) groups excluding carboxylic acids is 1. The molecule has 0 aromatic heterocycles. The van der Waals surface area contributed by atoms with Crippen molar-refractivity contribution in [2.45, 2.75) is 20.0 Å². The van der Waals surface area contributed by atoms with Gasteiger partial charge in [0.2, 0.25) is 0 Å². The number of likely N-dealkylation sites (N-methyl/N-ethyl adjacent to an activating group) is 1. The SMILES string of the molecule is COc1cccc(/C=C2\C(=O)N(C)c3ccccc32)c1OC(C)C. The lowest BCUT2D eigenvalue weighted by Crippen LogP contribution is -2.20.